The summed E-state index contributed by atoms with van der Waals surface area (Å²) in [6.45, 7) is 0. The summed E-state index contributed by atoms with van der Waals surface area (Å²) < 4.78 is 0. The lowest BCUT2D eigenvalue weighted by atomic mass is 9.98. The fraction of sp³-hybridized carbons (Fsp3) is 0. The number of para-hydroxylation sites is 4. The summed E-state index contributed by atoms with van der Waals surface area (Å²) in [6.07, 6.45) is 0. The minimum absolute atomic E-state index is 0.694. The van der Waals surface area contributed by atoms with Gasteiger partial charge in [-0.1, -0.05) is 224 Å². The molecule has 11 aromatic carbocycles. The van der Waals surface area contributed by atoms with Crippen molar-refractivity contribution in [2.75, 3.05) is 9.80 Å². The second-order valence-electron chi connectivity index (χ2n) is 18.2. The molecule has 0 saturated heterocycles. The maximum absolute atomic E-state index is 5.12. The molecule has 0 amide bonds. The minimum atomic E-state index is 0.694. The quantitative estimate of drug-likeness (QED) is 0.115. The van der Waals surface area contributed by atoms with Crippen LogP contribution in [0.15, 0.2) is 303 Å². The van der Waals surface area contributed by atoms with Crippen LogP contribution in [-0.2, 0) is 0 Å². The highest BCUT2D eigenvalue weighted by Crippen LogP contribution is 2.38. The van der Waals surface area contributed by atoms with Crippen LogP contribution in [0.1, 0.15) is 0 Å². The van der Waals surface area contributed by atoms with Gasteiger partial charge >= 0.3 is 0 Å². The molecule has 0 radical (unpaired) electrons. The van der Waals surface area contributed by atoms with Crippen molar-refractivity contribution in [2.24, 2.45) is 0 Å². The molecule has 1 aromatic heterocycles. The topological polar surface area (TPSA) is 32.3 Å². The van der Waals surface area contributed by atoms with Gasteiger partial charge in [0.2, 0.25) is 0 Å². The van der Waals surface area contributed by atoms with Crippen LogP contribution in [0.4, 0.5) is 34.1 Å². The van der Waals surface area contributed by atoms with Gasteiger partial charge in [0.25, 0.3) is 0 Å². The van der Waals surface area contributed by atoms with Crippen molar-refractivity contribution >= 4 is 34.1 Å². The van der Waals surface area contributed by atoms with Gasteiger partial charge in [-0.05, 0) is 123 Å². The molecule has 0 fully saturated rings. The van der Waals surface area contributed by atoms with Crippen molar-refractivity contribution in [3.8, 4) is 78.4 Å². The minimum Gasteiger partial charge on any atom is -0.311 e. The molecule has 0 N–H and O–H groups in total. The molecule has 0 atom stereocenters. The zero-order valence-corrected chi connectivity index (χ0v) is 40.7. The van der Waals surface area contributed by atoms with Crippen molar-refractivity contribution < 1.29 is 0 Å². The molecule has 4 nitrogen and oxygen atoms in total. The molecular formula is C70H50N4. The van der Waals surface area contributed by atoms with E-state index >= 15 is 0 Å². The van der Waals surface area contributed by atoms with E-state index in [9.17, 15) is 0 Å². The molecule has 0 aliphatic rings. The first-order valence-corrected chi connectivity index (χ1v) is 25.0. The molecule has 0 saturated carbocycles. The molecule has 74 heavy (non-hydrogen) atoms. The summed E-state index contributed by atoms with van der Waals surface area (Å²) in [5, 5.41) is 0. The molecule has 0 spiro atoms. The largest absolute Gasteiger partial charge is 0.311 e. The van der Waals surface area contributed by atoms with E-state index in [0.717, 1.165) is 84.5 Å². The van der Waals surface area contributed by atoms with Crippen LogP contribution < -0.4 is 9.80 Å². The fourth-order valence-electron chi connectivity index (χ4n) is 9.65. The van der Waals surface area contributed by atoms with Crippen LogP contribution in [0.3, 0.4) is 0 Å². The van der Waals surface area contributed by atoms with Gasteiger partial charge in [-0.15, -0.1) is 0 Å². The van der Waals surface area contributed by atoms with E-state index in [1.165, 1.54) is 22.3 Å². The molecule has 0 aliphatic carbocycles. The molecule has 0 bridgehead atoms. The van der Waals surface area contributed by atoms with Crippen molar-refractivity contribution in [1.29, 1.82) is 0 Å². The van der Waals surface area contributed by atoms with Crippen LogP contribution in [0.25, 0.3) is 78.4 Å². The number of anilines is 6. The van der Waals surface area contributed by atoms with Gasteiger partial charge in [-0.25, -0.2) is 9.97 Å². The van der Waals surface area contributed by atoms with Crippen LogP contribution in [0.2, 0.25) is 0 Å². The third kappa shape index (κ3) is 9.76. The number of aromatic nitrogens is 2. The molecular weight excluding hydrogens is 897 g/mol. The summed E-state index contributed by atoms with van der Waals surface area (Å²) in [7, 11) is 0. The molecule has 1 heterocycles. The first kappa shape index (κ1) is 45.3. The predicted molar refractivity (Wildman–Crippen MR) is 309 cm³/mol. The maximum atomic E-state index is 5.12. The lowest BCUT2D eigenvalue weighted by Crippen LogP contribution is -2.09. The third-order valence-electron chi connectivity index (χ3n) is 13.5. The van der Waals surface area contributed by atoms with Crippen LogP contribution in [0.5, 0.6) is 0 Å². The fourth-order valence-corrected chi connectivity index (χ4v) is 9.65. The van der Waals surface area contributed by atoms with Crippen LogP contribution in [0, 0.1) is 0 Å². The van der Waals surface area contributed by atoms with Gasteiger partial charge in [0.1, 0.15) is 0 Å². The summed E-state index contributed by atoms with van der Waals surface area (Å²) in [5.41, 5.74) is 20.8. The molecule has 0 unspecified atom stereocenters. The Bertz CT molecular complexity index is 3430. The van der Waals surface area contributed by atoms with Crippen molar-refractivity contribution in [3.63, 3.8) is 0 Å². The SMILES string of the molecule is c1ccc(-c2nc(-c3ccc(-c4ccc(-c5ccc(N(c6ccccc6)c6ccccc6)cc5)cc4)cc3)cc(-c3ccc(-c4ccc(-c5ccc(N(c6ccccc6)c6ccccc6)cc5)cc4)cc3)n2)cc1. The standard InChI is InChI=1S/C70H50N4/c1-6-16-61(17-7-1)70-71-68(59-38-34-55(35-39-59)51-26-30-53(31-27-51)57-42-46-66(47-43-57)73(62-18-8-2-9-19-62)63-20-10-3-11-21-63)50-69(72-70)60-40-36-56(37-41-60)52-28-32-54(33-29-52)58-44-48-67(49-45-58)74(64-22-12-4-13-23-64)65-24-14-5-15-25-65/h1-50H. The van der Waals surface area contributed by atoms with E-state index in [1.54, 1.807) is 0 Å². The zero-order chi connectivity index (χ0) is 49.5. The lowest BCUT2D eigenvalue weighted by Gasteiger charge is -2.25. The number of rotatable bonds is 13. The summed E-state index contributed by atoms with van der Waals surface area (Å²) in [6, 6.07) is 107. The molecule has 12 rings (SSSR count). The van der Waals surface area contributed by atoms with Gasteiger partial charge in [-0.3, -0.25) is 0 Å². The van der Waals surface area contributed by atoms with Gasteiger partial charge in [0.05, 0.1) is 11.4 Å². The Hall–Kier alpha value is -9.90. The van der Waals surface area contributed by atoms with Gasteiger partial charge in [-0.2, -0.15) is 0 Å². The summed E-state index contributed by atoms with van der Waals surface area (Å²) in [5.74, 6) is 0.694. The monoisotopic (exact) mass is 946 g/mol. The van der Waals surface area contributed by atoms with Gasteiger partial charge in [0, 0.05) is 50.8 Å². The second kappa shape index (κ2) is 20.8. The van der Waals surface area contributed by atoms with E-state index < -0.39 is 0 Å². The first-order valence-electron chi connectivity index (χ1n) is 25.0. The first-order chi connectivity index (χ1) is 36.7. The second-order valence-corrected chi connectivity index (χ2v) is 18.2. The van der Waals surface area contributed by atoms with E-state index in [4.69, 9.17) is 9.97 Å². The Labute approximate surface area is 433 Å². The lowest BCUT2D eigenvalue weighted by molar-refractivity contribution is 1.18. The molecule has 4 heteroatoms. The number of benzene rings is 11. The van der Waals surface area contributed by atoms with Gasteiger partial charge < -0.3 is 9.80 Å². The molecule has 0 aliphatic heterocycles. The normalized spacial score (nSPS) is 11.0. The van der Waals surface area contributed by atoms with E-state index in [0.29, 0.717) is 5.82 Å². The summed E-state index contributed by atoms with van der Waals surface area (Å²) >= 11 is 0. The van der Waals surface area contributed by atoms with Gasteiger partial charge in [0.15, 0.2) is 5.82 Å². The Morgan fingerprint density at radius 3 is 0.635 bits per heavy atom. The number of nitrogens with zero attached hydrogens (tertiary/aromatic N) is 4. The van der Waals surface area contributed by atoms with Crippen molar-refractivity contribution in [1.82, 2.24) is 9.97 Å². The highest BCUT2D eigenvalue weighted by molar-refractivity contribution is 5.82. The number of hydrogen-bond acceptors (Lipinski definition) is 4. The maximum Gasteiger partial charge on any atom is 0.160 e. The average Bonchev–Trinajstić information content (AvgIpc) is 3.49. The van der Waals surface area contributed by atoms with E-state index in [2.05, 4.69) is 295 Å². The highest BCUT2D eigenvalue weighted by Gasteiger charge is 2.16. The molecule has 12 aromatic rings. The highest BCUT2D eigenvalue weighted by atomic mass is 15.1. The van der Waals surface area contributed by atoms with E-state index in [-0.39, 0.29) is 0 Å². The smallest absolute Gasteiger partial charge is 0.160 e. The van der Waals surface area contributed by atoms with Crippen LogP contribution >= 0.6 is 0 Å². The Morgan fingerprint density at radius 2 is 0.378 bits per heavy atom. The van der Waals surface area contributed by atoms with Crippen LogP contribution in [-0.4, -0.2) is 9.97 Å². The zero-order valence-electron chi connectivity index (χ0n) is 40.7. The number of hydrogen-bond donors (Lipinski definition) is 0. The average molecular weight is 947 g/mol. The van der Waals surface area contributed by atoms with Crippen molar-refractivity contribution in [2.45, 2.75) is 0 Å². The van der Waals surface area contributed by atoms with E-state index in [1.807, 2.05) is 18.2 Å². The third-order valence-corrected chi connectivity index (χ3v) is 13.5. The summed E-state index contributed by atoms with van der Waals surface area (Å²) in [4.78, 5) is 14.8. The Morgan fingerprint density at radius 1 is 0.176 bits per heavy atom. The Balaban J connectivity index is 0.758. The molecule has 350 valence electrons. The Kier molecular flexibility index (Phi) is 12.7. The van der Waals surface area contributed by atoms with Crippen molar-refractivity contribution in [3.05, 3.63) is 303 Å². The predicted octanol–water partition coefficient (Wildman–Crippen LogP) is 19.1.